The molecule has 0 aromatic rings. The van der Waals surface area contributed by atoms with Crippen LogP contribution in [0.3, 0.4) is 0 Å². The second kappa shape index (κ2) is 6.02. The van der Waals surface area contributed by atoms with E-state index in [1.165, 1.54) is 45.1 Å². The molecule has 0 N–H and O–H groups in total. The Labute approximate surface area is 88.7 Å². The molecule has 14 heavy (non-hydrogen) atoms. The molecular weight excluding hydrogens is 170 g/mol. The minimum Gasteiger partial charge on any atom is -0.273 e. The fourth-order valence-corrected chi connectivity index (χ4v) is 1.92. The summed E-state index contributed by atoms with van der Waals surface area (Å²) in [4.78, 5) is 0. The van der Waals surface area contributed by atoms with Gasteiger partial charge in [-0.05, 0) is 25.0 Å². The van der Waals surface area contributed by atoms with E-state index in [2.05, 4.69) is 38.5 Å². The van der Waals surface area contributed by atoms with E-state index in [1.807, 2.05) is 0 Å². The number of unbranched alkanes of at least 4 members (excludes halogenated alkanes) is 5. The van der Waals surface area contributed by atoms with Crippen LogP contribution in [-0.2, 0) is 0 Å². The highest BCUT2D eigenvalue weighted by atomic mass is 15.3. The summed E-state index contributed by atoms with van der Waals surface area (Å²) >= 11 is 0. The second-order valence-corrected chi connectivity index (χ2v) is 4.52. The smallest absolute Gasteiger partial charge is 0.100 e. The van der Waals surface area contributed by atoms with Gasteiger partial charge in [0.2, 0.25) is 0 Å². The van der Waals surface area contributed by atoms with E-state index < -0.39 is 0 Å². The van der Waals surface area contributed by atoms with Crippen molar-refractivity contribution >= 4 is 0 Å². The highest BCUT2D eigenvalue weighted by Gasteiger charge is 2.16. The van der Waals surface area contributed by atoms with Crippen LogP contribution >= 0.6 is 0 Å². The molecule has 1 nitrogen and oxygen atoms in total. The Morgan fingerprint density at radius 2 is 1.43 bits per heavy atom. The van der Waals surface area contributed by atoms with Crippen molar-refractivity contribution in [2.45, 2.75) is 45.4 Å². The van der Waals surface area contributed by atoms with Crippen molar-refractivity contribution in [2.75, 3.05) is 13.6 Å². The van der Waals surface area contributed by atoms with Gasteiger partial charge in [-0.15, -0.1) is 0 Å². The zero-order chi connectivity index (χ0) is 10.3. The van der Waals surface area contributed by atoms with Crippen LogP contribution < -0.4 is 0 Å². The van der Waals surface area contributed by atoms with Gasteiger partial charge in [0.15, 0.2) is 0 Å². The van der Waals surface area contributed by atoms with Gasteiger partial charge in [-0.1, -0.05) is 32.6 Å². The predicted octanol–water partition coefficient (Wildman–Crippen LogP) is 3.83. The summed E-state index contributed by atoms with van der Waals surface area (Å²) in [6.07, 6.45) is 17.2. The summed E-state index contributed by atoms with van der Waals surface area (Å²) in [5, 5.41) is 0. The molecule has 0 radical (unpaired) electrons. The van der Waals surface area contributed by atoms with Crippen LogP contribution in [-0.4, -0.2) is 18.1 Å². The van der Waals surface area contributed by atoms with Gasteiger partial charge in [0.25, 0.3) is 0 Å². The zero-order valence-electron chi connectivity index (χ0n) is 9.71. The van der Waals surface area contributed by atoms with Crippen LogP contribution in [0.2, 0.25) is 0 Å². The lowest BCUT2D eigenvalue weighted by Gasteiger charge is -2.22. The summed E-state index contributed by atoms with van der Waals surface area (Å²) in [7, 11) is 2.27. The van der Waals surface area contributed by atoms with E-state index in [-0.39, 0.29) is 0 Å². The molecule has 1 aliphatic rings. The summed E-state index contributed by atoms with van der Waals surface area (Å²) in [5.41, 5.74) is 0. The van der Waals surface area contributed by atoms with E-state index in [0.717, 1.165) is 4.48 Å². The Morgan fingerprint density at radius 1 is 0.857 bits per heavy atom. The van der Waals surface area contributed by atoms with Crippen molar-refractivity contribution in [3.05, 3.63) is 24.6 Å². The number of hydrogen-bond donors (Lipinski definition) is 0. The Hall–Kier alpha value is -0.560. The van der Waals surface area contributed by atoms with Crippen molar-refractivity contribution in [3.63, 3.8) is 0 Å². The minimum absolute atomic E-state index is 1.01. The number of quaternary nitrogens is 1. The van der Waals surface area contributed by atoms with Crippen molar-refractivity contribution in [3.8, 4) is 0 Å². The Bertz CT molecular complexity index is 191. The Kier molecular flexibility index (Phi) is 4.95. The SMILES string of the molecule is CCCCCCCC[N+]1(C)C=CC=C1. The normalized spacial score (nSPS) is 17.9. The fraction of sp³-hybridized carbons (Fsp3) is 0.692. The van der Waals surface area contributed by atoms with Gasteiger partial charge in [0, 0.05) is 0 Å². The van der Waals surface area contributed by atoms with Gasteiger partial charge in [-0.25, -0.2) is 0 Å². The molecule has 1 heteroatoms. The minimum atomic E-state index is 1.01. The molecule has 0 amide bonds. The van der Waals surface area contributed by atoms with Gasteiger partial charge >= 0.3 is 0 Å². The Balaban J connectivity index is 1.99. The van der Waals surface area contributed by atoms with Crippen LogP contribution in [0.25, 0.3) is 0 Å². The first-order chi connectivity index (χ1) is 6.77. The molecule has 0 aromatic carbocycles. The molecule has 1 heterocycles. The van der Waals surface area contributed by atoms with E-state index in [9.17, 15) is 0 Å². The third-order valence-electron chi connectivity index (χ3n) is 2.96. The molecule has 1 aliphatic heterocycles. The monoisotopic (exact) mass is 194 g/mol. The molecule has 0 saturated carbocycles. The third-order valence-corrected chi connectivity index (χ3v) is 2.96. The highest BCUT2D eigenvalue weighted by molar-refractivity contribution is 5.03. The maximum Gasteiger partial charge on any atom is 0.100 e. The maximum absolute atomic E-state index is 2.27. The zero-order valence-corrected chi connectivity index (χ0v) is 9.71. The standard InChI is InChI=1S/C13H24N/c1-3-4-5-6-7-8-11-14(2)12-9-10-13-14/h9-10,12-13H,3-8,11H2,1-2H3/q+1. The summed E-state index contributed by atoms with van der Waals surface area (Å²) in [6, 6.07) is 0. The summed E-state index contributed by atoms with van der Waals surface area (Å²) < 4.78 is 1.01. The van der Waals surface area contributed by atoms with E-state index in [0.29, 0.717) is 0 Å². The third kappa shape index (κ3) is 4.10. The molecule has 0 fully saturated rings. The predicted molar refractivity (Wildman–Crippen MR) is 62.7 cm³/mol. The Morgan fingerprint density at radius 3 is 2.07 bits per heavy atom. The highest BCUT2D eigenvalue weighted by Crippen LogP contribution is 2.15. The van der Waals surface area contributed by atoms with Crippen molar-refractivity contribution in [1.29, 1.82) is 0 Å². The second-order valence-electron chi connectivity index (χ2n) is 4.52. The number of hydrogen-bond acceptors (Lipinski definition) is 0. The molecule has 0 aliphatic carbocycles. The van der Waals surface area contributed by atoms with Gasteiger partial charge in [-0.3, -0.25) is 4.48 Å². The lowest BCUT2D eigenvalue weighted by Crippen LogP contribution is -2.31. The van der Waals surface area contributed by atoms with Gasteiger partial charge in [0.1, 0.15) is 12.4 Å². The van der Waals surface area contributed by atoms with Crippen LogP contribution in [0.4, 0.5) is 0 Å². The lowest BCUT2D eigenvalue weighted by molar-refractivity contribution is -0.804. The summed E-state index contributed by atoms with van der Waals surface area (Å²) in [6.45, 7) is 3.53. The van der Waals surface area contributed by atoms with Crippen molar-refractivity contribution in [2.24, 2.45) is 0 Å². The van der Waals surface area contributed by atoms with E-state index >= 15 is 0 Å². The largest absolute Gasteiger partial charge is 0.273 e. The number of nitrogens with zero attached hydrogens (tertiary/aromatic N) is 1. The molecular formula is C13H24N+. The lowest BCUT2D eigenvalue weighted by atomic mass is 10.1. The molecule has 0 aromatic heterocycles. The molecule has 0 bridgehead atoms. The quantitative estimate of drug-likeness (QED) is 0.427. The van der Waals surface area contributed by atoms with Crippen LogP contribution in [0.15, 0.2) is 24.6 Å². The topological polar surface area (TPSA) is 0 Å². The van der Waals surface area contributed by atoms with E-state index in [4.69, 9.17) is 0 Å². The first kappa shape index (κ1) is 11.5. The number of allylic oxidation sites excluding steroid dienone is 2. The molecule has 80 valence electrons. The average Bonchev–Trinajstić information content (AvgIpc) is 2.59. The number of rotatable bonds is 7. The van der Waals surface area contributed by atoms with Crippen LogP contribution in [0.5, 0.6) is 0 Å². The van der Waals surface area contributed by atoms with Gasteiger partial charge in [0.05, 0.1) is 13.6 Å². The summed E-state index contributed by atoms with van der Waals surface area (Å²) in [5.74, 6) is 0. The van der Waals surface area contributed by atoms with Gasteiger partial charge in [-0.2, -0.15) is 0 Å². The van der Waals surface area contributed by atoms with Crippen LogP contribution in [0, 0.1) is 0 Å². The van der Waals surface area contributed by atoms with Crippen LogP contribution in [0.1, 0.15) is 45.4 Å². The van der Waals surface area contributed by atoms with Gasteiger partial charge < -0.3 is 0 Å². The molecule has 0 unspecified atom stereocenters. The average molecular weight is 194 g/mol. The van der Waals surface area contributed by atoms with Crippen molar-refractivity contribution < 1.29 is 4.48 Å². The maximum atomic E-state index is 2.27. The fourth-order valence-electron chi connectivity index (χ4n) is 1.92. The molecule has 0 saturated heterocycles. The van der Waals surface area contributed by atoms with E-state index in [1.54, 1.807) is 0 Å². The molecule has 1 rings (SSSR count). The first-order valence-corrected chi connectivity index (χ1v) is 5.99. The molecule has 0 spiro atoms. The van der Waals surface area contributed by atoms with Crippen molar-refractivity contribution in [1.82, 2.24) is 0 Å². The molecule has 0 atom stereocenters. The first-order valence-electron chi connectivity index (χ1n) is 5.99.